The minimum atomic E-state index is -4.31. The Morgan fingerprint density at radius 1 is 1.05 bits per heavy atom. The number of hydrogen-bond acceptors (Lipinski definition) is 3. The molecule has 0 bridgehead atoms. The van der Waals surface area contributed by atoms with E-state index in [1.165, 1.54) is 12.1 Å². The van der Waals surface area contributed by atoms with Crippen molar-refractivity contribution in [1.82, 2.24) is 10.2 Å². The molecule has 2 rings (SSSR count). The van der Waals surface area contributed by atoms with Crippen LogP contribution in [0.2, 0.25) is 0 Å². The largest absolute Gasteiger partial charge is 0.416 e. The molecule has 1 heterocycles. The highest BCUT2D eigenvalue weighted by Crippen LogP contribution is 2.29. The van der Waals surface area contributed by atoms with E-state index in [0.717, 1.165) is 17.7 Å². The smallest absolute Gasteiger partial charge is 0.323 e. The van der Waals surface area contributed by atoms with Gasteiger partial charge in [-0.2, -0.15) is 23.4 Å². The first-order chi connectivity index (χ1) is 9.36. The molecule has 0 fully saturated rings. The summed E-state index contributed by atoms with van der Waals surface area (Å²) in [5.41, 5.74) is 7.13. The lowest BCUT2D eigenvalue weighted by atomic mass is 10.1. The average Bonchev–Trinajstić information content (AvgIpc) is 2.39. The van der Waals surface area contributed by atoms with Crippen LogP contribution in [-0.2, 0) is 12.6 Å². The quantitative estimate of drug-likeness (QED) is 0.940. The third-order valence-corrected chi connectivity index (χ3v) is 2.87. The Kier molecular flexibility index (Phi) is 4.04. The molecule has 2 aromatic rings. The molecule has 1 aromatic carbocycles. The maximum atomic E-state index is 12.4. The van der Waals surface area contributed by atoms with Gasteiger partial charge in [0.2, 0.25) is 0 Å². The van der Waals surface area contributed by atoms with E-state index >= 15 is 0 Å². The highest BCUT2D eigenvalue weighted by atomic mass is 19.4. The molecule has 106 valence electrons. The molecular formula is C14H14F3N3. The summed E-state index contributed by atoms with van der Waals surface area (Å²) in [5.74, 6) is 0. The highest BCUT2D eigenvalue weighted by Gasteiger charge is 2.29. The summed E-state index contributed by atoms with van der Waals surface area (Å²) < 4.78 is 37.3. The molecule has 0 saturated carbocycles. The molecule has 2 N–H and O–H groups in total. The van der Waals surface area contributed by atoms with Gasteiger partial charge < -0.3 is 5.73 Å². The Labute approximate surface area is 114 Å². The van der Waals surface area contributed by atoms with Crippen LogP contribution < -0.4 is 5.73 Å². The van der Waals surface area contributed by atoms with Gasteiger partial charge in [-0.15, -0.1) is 0 Å². The van der Waals surface area contributed by atoms with E-state index in [4.69, 9.17) is 5.73 Å². The van der Waals surface area contributed by atoms with Crippen LogP contribution >= 0.6 is 0 Å². The second-order valence-electron chi connectivity index (χ2n) is 4.61. The lowest BCUT2D eigenvalue weighted by Crippen LogP contribution is -2.09. The third-order valence-electron chi connectivity index (χ3n) is 2.87. The number of halogens is 3. The van der Waals surface area contributed by atoms with Crippen molar-refractivity contribution in [2.75, 3.05) is 0 Å². The molecule has 0 amide bonds. The van der Waals surface area contributed by atoms with Crippen LogP contribution in [0.1, 0.15) is 35.5 Å². The van der Waals surface area contributed by atoms with Crippen molar-refractivity contribution in [1.29, 1.82) is 0 Å². The summed E-state index contributed by atoms with van der Waals surface area (Å²) in [4.78, 5) is 0. The summed E-state index contributed by atoms with van der Waals surface area (Å²) in [5, 5.41) is 7.99. The molecule has 0 aliphatic carbocycles. The van der Waals surface area contributed by atoms with E-state index in [9.17, 15) is 13.2 Å². The maximum Gasteiger partial charge on any atom is 0.416 e. The molecule has 0 radical (unpaired) electrons. The number of alkyl halides is 3. The van der Waals surface area contributed by atoms with Gasteiger partial charge in [-0.25, -0.2) is 0 Å². The van der Waals surface area contributed by atoms with Gasteiger partial charge in [0.25, 0.3) is 0 Å². The first-order valence-electron chi connectivity index (χ1n) is 6.10. The predicted molar refractivity (Wildman–Crippen MR) is 68.9 cm³/mol. The van der Waals surface area contributed by atoms with E-state index in [1.807, 2.05) is 0 Å². The Morgan fingerprint density at radius 3 is 2.15 bits per heavy atom. The van der Waals surface area contributed by atoms with Crippen molar-refractivity contribution in [3.8, 4) is 0 Å². The molecule has 3 nitrogen and oxygen atoms in total. The summed E-state index contributed by atoms with van der Waals surface area (Å²) in [6, 6.07) is 8.40. The van der Waals surface area contributed by atoms with Gasteiger partial charge in [-0.05, 0) is 36.8 Å². The maximum absolute atomic E-state index is 12.4. The van der Waals surface area contributed by atoms with Gasteiger partial charge in [0.15, 0.2) is 0 Å². The minimum Gasteiger partial charge on any atom is -0.323 e. The second-order valence-corrected chi connectivity index (χ2v) is 4.61. The Morgan fingerprint density at radius 2 is 1.70 bits per heavy atom. The number of nitrogens with two attached hydrogens (primary N) is 1. The zero-order valence-electron chi connectivity index (χ0n) is 10.9. The second kappa shape index (κ2) is 5.58. The molecule has 0 aliphatic heterocycles. The van der Waals surface area contributed by atoms with Crippen molar-refractivity contribution in [2.24, 2.45) is 5.73 Å². The predicted octanol–water partition coefficient (Wildman–Crippen LogP) is 3.11. The van der Waals surface area contributed by atoms with Crippen LogP contribution in [0.5, 0.6) is 0 Å². The molecule has 20 heavy (non-hydrogen) atoms. The third kappa shape index (κ3) is 3.54. The topological polar surface area (TPSA) is 51.8 Å². The summed E-state index contributed by atoms with van der Waals surface area (Å²) in [6.45, 7) is 1.81. The highest BCUT2D eigenvalue weighted by molar-refractivity contribution is 5.27. The van der Waals surface area contributed by atoms with Crippen LogP contribution in [0.3, 0.4) is 0 Å². The van der Waals surface area contributed by atoms with E-state index in [2.05, 4.69) is 10.2 Å². The van der Waals surface area contributed by atoms with Gasteiger partial charge in [0.1, 0.15) is 0 Å². The van der Waals surface area contributed by atoms with Gasteiger partial charge >= 0.3 is 6.18 Å². The molecule has 0 aliphatic rings. The fourth-order valence-electron chi connectivity index (χ4n) is 1.73. The number of benzene rings is 1. The molecule has 6 heteroatoms. The fraction of sp³-hybridized carbons (Fsp3) is 0.286. The van der Waals surface area contributed by atoms with Crippen molar-refractivity contribution in [3.63, 3.8) is 0 Å². The summed E-state index contributed by atoms with van der Waals surface area (Å²) in [6.07, 6.45) is -3.87. The Hall–Kier alpha value is -1.95. The van der Waals surface area contributed by atoms with E-state index in [1.54, 1.807) is 19.1 Å². The normalized spacial score (nSPS) is 13.2. The van der Waals surface area contributed by atoms with Crippen molar-refractivity contribution < 1.29 is 13.2 Å². The van der Waals surface area contributed by atoms with Crippen molar-refractivity contribution in [3.05, 3.63) is 58.9 Å². The minimum absolute atomic E-state index is 0.192. The number of hydrogen-bond donors (Lipinski definition) is 1. The molecule has 0 saturated heterocycles. The SMILES string of the molecule is CC(N)c1ccc(Cc2ccc(C(F)(F)F)cc2)nn1. The molecular weight excluding hydrogens is 267 g/mol. The van der Waals surface area contributed by atoms with Crippen LogP contribution in [0.15, 0.2) is 36.4 Å². The van der Waals surface area contributed by atoms with E-state index in [0.29, 0.717) is 17.8 Å². The van der Waals surface area contributed by atoms with Crippen LogP contribution in [-0.4, -0.2) is 10.2 Å². The van der Waals surface area contributed by atoms with Crippen molar-refractivity contribution >= 4 is 0 Å². The van der Waals surface area contributed by atoms with Crippen LogP contribution in [0, 0.1) is 0 Å². The van der Waals surface area contributed by atoms with Gasteiger partial charge in [0, 0.05) is 12.5 Å². The fourth-order valence-corrected chi connectivity index (χ4v) is 1.73. The summed E-state index contributed by atoms with van der Waals surface area (Å²) in [7, 11) is 0. The monoisotopic (exact) mass is 281 g/mol. The Balaban J connectivity index is 2.10. The van der Waals surface area contributed by atoms with Crippen LogP contribution in [0.25, 0.3) is 0 Å². The lowest BCUT2D eigenvalue weighted by molar-refractivity contribution is -0.137. The van der Waals surface area contributed by atoms with E-state index in [-0.39, 0.29) is 6.04 Å². The molecule has 0 spiro atoms. The average molecular weight is 281 g/mol. The lowest BCUT2D eigenvalue weighted by Gasteiger charge is -2.08. The first kappa shape index (κ1) is 14.5. The van der Waals surface area contributed by atoms with Crippen molar-refractivity contribution in [2.45, 2.75) is 25.6 Å². The summed E-state index contributed by atoms with van der Waals surface area (Å²) >= 11 is 0. The standard InChI is InChI=1S/C14H14F3N3/c1-9(18)13-7-6-12(19-20-13)8-10-2-4-11(5-3-10)14(15,16)17/h2-7,9H,8,18H2,1H3. The molecule has 1 unspecified atom stereocenters. The zero-order chi connectivity index (χ0) is 14.8. The number of aromatic nitrogens is 2. The zero-order valence-corrected chi connectivity index (χ0v) is 10.9. The first-order valence-corrected chi connectivity index (χ1v) is 6.10. The van der Waals surface area contributed by atoms with Gasteiger partial charge in [-0.1, -0.05) is 12.1 Å². The van der Waals surface area contributed by atoms with Gasteiger partial charge in [0.05, 0.1) is 17.0 Å². The van der Waals surface area contributed by atoms with Crippen LogP contribution in [0.4, 0.5) is 13.2 Å². The molecule has 1 aromatic heterocycles. The Bertz CT molecular complexity index is 560. The van der Waals surface area contributed by atoms with Gasteiger partial charge in [-0.3, -0.25) is 0 Å². The van der Waals surface area contributed by atoms with E-state index < -0.39 is 11.7 Å². The number of nitrogens with zero attached hydrogens (tertiary/aromatic N) is 2. The molecule has 1 atom stereocenters. The number of rotatable bonds is 3.